The lowest BCUT2D eigenvalue weighted by Crippen LogP contribution is -2.13. The van der Waals surface area contributed by atoms with Gasteiger partial charge in [-0.15, -0.1) is 0 Å². The molecule has 0 saturated heterocycles. The number of pyridine rings is 2. The first kappa shape index (κ1) is 27.3. The highest BCUT2D eigenvalue weighted by Crippen LogP contribution is 2.33. The predicted molar refractivity (Wildman–Crippen MR) is 168 cm³/mol. The van der Waals surface area contributed by atoms with Crippen molar-refractivity contribution in [3.05, 3.63) is 90.8 Å². The molecular weight excluding hydrogens is 527 g/mol. The first-order valence-corrected chi connectivity index (χ1v) is 14.1. The zero-order valence-corrected chi connectivity index (χ0v) is 24.0. The third kappa shape index (κ3) is 5.64. The Bertz CT molecular complexity index is 1900. The van der Waals surface area contributed by atoms with Crippen LogP contribution in [0.5, 0.6) is 0 Å². The summed E-state index contributed by atoms with van der Waals surface area (Å²) >= 11 is 0. The SMILES string of the molecule is C=C(CC)Nc1cncc(-c2cc3c(-c4nc5c(-c6cc(F)cc(CCCN(C)C)c6)cccc5[nH]4)n[nH]c3cn2)c1. The van der Waals surface area contributed by atoms with Gasteiger partial charge in [0.1, 0.15) is 11.5 Å². The number of benzene rings is 2. The summed E-state index contributed by atoms with van der Waals surface area (Å²) in [5.74, 6) is 0.377. The van der Waals surface area contributed by atoms with Gasteiger partial charge in [0.2, 0.25) is 0 Å². The Labute approximate surface area is 243 Å². The van der Waals surface area contributed by atoms with Crippen molar-refractivity contribution in [3.63, 3.8) is 0 Å². The van der Waals surface area contributed by atoms with E-state index in [4.69, 9.17) is 4.98 Å². The average molecular weight is 561 g/mol. The van der Waals surface area contributed by atoms with E-state index >= 15 is 0 Å². The number of aromatic nitrogens is 6. The number of aromatic amines is 2. The van der Waals surface area contributed by atoms with Crippen LogP contribution in [-0.4, -0.2) is 55.7 Å². The molecule has 8 nitrogen and oxygen atoms in total. The number of imidazole rings is 1. The smallest absolute Gasteiger partial charge is 0.159 e. The third-order valence-corrected chi connectivity index (χ3v) is 7.31. The summed E-state index contributed by atoms with van der Waals surface area (Å²) < 4.78 is 14.7. The molecule has 0 fully saturated rings. The number of hydrogen-bond donors (Lipinski definition) is 3. The number of nitrogens with zero attached hydrogens (tertiary/aromatic N) is 5. The van der Waals surface area contributed by atoms with Gasteiger partial charge >= 0.3 is 0 Å². The molecule has 212 valence electrons. The number of para-hydroxylation sites is 1. The molecular formula is C33H33FN8. The first-order valence-electron chi connectivity index (χ1n) is 14.1. The molecule has 2 aromatic carbocycles. The van der Waals surface area contributed by atoms with E-state index in [1.807, 2.05) is 51.4 Å². The van der Waals surface area contributed by atoms with Crippen molar-refractivity contribution in [1.82, 2.24) is 35.0 Å². The Hall–Kier alpha value is -4.89. The Kier molecular flexibility index (Phi) is 7.50. The molecule has 9 heteroatoms. The lowest BCUT2D eigenvalue weighted by Gasteiger charge is -2.10. The van der Waals surface area contributed by atoms with E-state index in [0.717, 1.165) is 87.1 Å². The maximum atomic E-state index is 14.7. The van der Waals surface area contributed by atoms with Crippen molar-refractivity contribution in [2.75, 3.05) is 26.0 Å². The largest absolute Gasteiger partial charge is 0.358 e. The summed E-state index contributed by atoms with van der Waals surface area (Å²) in [5.41, 5.74) is 9.16. The molecule has 42 heavy (non-hydrogen) atoms. The molecule has 0 bridgehead atoms. The van der Waals surface area contributed by atoms with Crippen molar-refractivity contribution in [2.45, 2.75) is 26.2 Å². The van der Waals surface area contributed by atoms with E-state index < -0.39 is 0 Å². The van der Waals surface area contributed by atoms with Crippen LogP contribution in [0.2, 0.25) is 0 Å². The van der Waals surface area contributed by atoms with Crippen molar-refractivity contribution in [1.29, 1.82) is 0 Å². The molecule has 4 heterocycles. The van der Waals surface area contributed by atoms with Gasteiger partial charge < -0.3 is 15.2 Å². The summed E-state index contributed by atoms with van der Waals surface area (Å²) in [6, 6.07) is 15.2. The van der Waals surface area contributed by atoms with Crippen molar-refractivity contribution in [3.8, 4) is 33.9 Å². The highest BCUT2D eigenvalue weighted by molar-refractivity contribution is 5.97. The van der Waals surface area contributed by atoms with Crippen molar-refractivity contribution in [2.24, 2.45) is 0 Å². The van der Waals surface area contributed by atoms with Crippen LogP contribution in [0.4, 0.5) is 10.1 Å². The highest BCUT2D eigenvalue weighted by atomic mass is 19.1. The van der Waals surface area contributed by atoms with Crippen LogP contribution in [0, 0.1) is 5.82 Å². The van der Waals surface area contributed by atoms with E-state index in [9.17, 15) is 4.39 Å². The Morgan fingerprint density at radius 1 is 1.02 bits per heavy atom. The van der Waals surface area contributed by atoms with E-state index in [2.05, 4.69) is 48.0 Å². The molecule has 0 amide bonds. The lowest BCUT2D eigenvalue weighted by atomic mass is 9.99. The average Bonchev–Trinajstić information content (AvgIpc) is 3.60. The number of aryl methyl sites for hydroxylation is 1. The molecule has 6 aromatic rings. The number of allylic oxidation sites excluding steroid dienone is 1. The second-order valence-corrected chi connectivity index (χ2v) is 10.8. The second-order valence-electron chi connectivity index (χ2n) is 10.8. The summed E-state index contributed by atoms with van der Waals surface area (Å²) in [5, 5.41) is 11.8. The maximum Gasteiger partial charge on any atom is 0.159 e. The maximum absolute atomic E-state index is 14.7. The molecule has 0 unspecified atom stereocenters. The minimum atomic E-state index is -0.244. The van der Waals surface area contributed by atoms with Gasteiger partial charge in [0.25, 0.3) is 0 Å². The first-order chi connectivity index (χ1) is 20.4. The molecule has 0 spiro atoms. The second kappa shape index (κ2) is 11.5. The van der Waals surface area contributed by atoms with Crippen LogP contribution >= 0.6 is 0 Å². The molecule has 0 atom stereocenters. The van der Waals surface area contributed by atoms with Gasteiger partial charge in [0, 0.05) is 28.4 Å². The summed E-state index contributed by atoms with van der Waals surface area (Å²) in [4.78, 5) is 19.6. The zero-order chi connectivity index (χ0) is 29.2. The van der Waals surface area contributed by atoms with Gasteiger partial charge in [-0.05, 0) is 81.4 Å². The fourth-order valence-corrected chi connectivity index (χ4v) is 5.12. The summed E-state index contributed by atoms with van der Waals surface area (Å²) in [6.07, 6.45) is 7.91. The number of anilines is 1. The summed E-state index contributed by atoms with van der Waals surface area (Å²) in [6.45, 7) is 7.02. The van der Waals surface area contributed by atoms with Gasteiger partial charge in [-0.1, -0.05) is 31.7 Å². The van der Waals surface area contributed by atoms with E-state index in [1.165, 1.54) is 0 Å². The van der Waals surface area contributed by atoms with Crippen molar-refractivity contribution >= 4 is 27.6 Å². The quantitative estimate of drug-likeness (QED) is 0.164. The van der Waals surface area contributed by atoms with Gasteiger partial charge in [0.15, 0.2) is 5.82 Å². The monoisotopic (exact) mass is 560 g/mol. The Morgan fingerprint density at radius 3 is 2.74 bits per heavy atom. The van der Waals surface area contributed by atoms with Crippen LogP contribution in [0.15, 0.2) is 79.4 Å². The molecule has 4 aromatic heterocycles. The zero-order valence-electron chi connectivity index (χ0n) is 24.0. The number of fused-ring (bicyclic) bond motifs is 2. The molecule has 0 aliphatic heterocycles. The molecule has 3 N–H and O–H groups in total. The number of hydrogen-bond acceptors (Lipinski definition) is 6. The fourth-order valence-electron chi connectivity index (χ4n) is 5.12. The van der Waals surface area contributed by atoms with E-state index in [-0.39, 0.29) is 5.82 Å². The molecule has 0 aliphatic carbocycles. The van der Waals surface area contributed by atoms with Crippen LogP contribution in [0.3, 0.4) is 0 Å². The van der Waals surface area contributed by atoms with Gasteiger partial charge in [-0.2, -0.15) is 5.10 Å². The molecule has 6 rings (SSSR count). The number of H-pyrrole nitrogens is 2. The molecule has 0 aliphatic rings. The third-order valence-electron chi connectivity index (χ3n) is 7.31. The minimum Gasteiger partial charge on any atom is -0.358 e. The fraction of sp³-hybridized carbons (Fsp3) is 0.212. The van der Waals surface area contributed by atoms with Gasteiger partial charge in [-0.3, -0.25) is 15.1 Å². The minimum absolute atomic E-state index is 0.244. The Balaban J connectivity index is 1.36. The number of rotatable bonds is 10. The van der Waals surface area contributed by atoms with E-state index in [1.54, 1.807) is 30.7 Å². The molecule has 0 radical (unpaired) electrons. The van der Waals surface area contributed by atoms with Gasteiger partial charge in [0.05, 0.1) is 40.3 Å². The standard InChI is InChI=1S/C33H33FN8/c1-5-20(2)37-25-15-23(17-35-18-25)29-16-27-30(19-36-29)40-41-32(27)33-38-28-10-6-9-26(31(28)39-33)22-12-21(13-24(34)14-22)8-7-11-42(3)4/h6,9-10,12-19,37H,2,5,7-8,11H2,1,3-4H3,(H,38,39)(H,40,41). The normalized spacial score (nSPS) is 11.5. The lowest BCUT2D eigenvalue weighted by molar-refractivity contribution is 0.400. The predicted octanol–water partition coefficient (Wildman–Crippen LogP) is 7.20. The van der Waals surface area contributed by atoms with Crippen LogP contribution in [-0.2, 0) is 6.42 Å². The topological polar surface area (TPSA) is 98.4 Å². The number of nitrogens with one attached hydrogen (secondary N) is 3. The van der Waals surface area contributed by atoms with Gasteiger partial charge in [-0.25, -0.2) is 9.37 Å². The van der Waals surface area contributed by atoms with Crippen LogP contribution in [0.1, 0.15) is 25.3 Å². The highest BCUT2D eigenvalue weighted by Gasteiger charge is 2.17. The summed E-state index contributed by atoms with van der Waals surface area (Å²) in [7, 11) is 4.09. The molecule has 0 saturated carbocycles. The Morgan fingerprint density at radius 2 is 1.90 bits per heavy atom. The van der Waals surface area contributed by atoms with Crippen molar-refractivity contribution < 1.29 is 4.39 Å². The van der Waals surface area contributed by atoms with Crippen LogP contribution in [0.25, 0.3) is 55.8 Å². The van der Waals surface area contributed by atoms with Crippen LogP contribution < -0.4 is 5.32 Å². The number of halogens is 1. The van der Waals surface area contributed by atoms with E-state index in [0.29, 0.717) is 11.5 Å².